The van der Waals surface area contributed by atoms with E-state index in [2.05, 4.69) is 0 Å². The van der Waals surface area contributed by atoms with Gasteiger partial charge in [0.1, 0.15) is 5.54 Å². The summed E-state index contributed by atoms with van der Waals surface area (Å²) < 4.78 is 21.2. The highest BCUT2D eigenvalue weighted by molar-refractivity contribution is 5.81. The molecule has 0 unspecified atom stereocenters. The van der Waals surface area contributed by atoms with Gasteiger partial charge in [0.25, 0.3) is 0 Å². The zero-order valence-electron chi connectivity index (χ0n) is 24.0. The van der Waals surface area contributed by atoms with Crippen molar-refractivity contribution < 1.29 is 38.1 Å². The predicted molar refractivity (Wildman–Crippen MR) is 144 cm³/mol. The first-order chi connectivity index (χ1) is 17.7. The van der Waals surface area contributed by atoms with Gasteiger partial charge in [0.05, 0.1) is 13.7 Å². The number of ether oxygens (including phenoxy) is 4. The third-order valence-corrected chi connectivity index (χ3v) is 5.80. The van der Waals surface area contributed by atoms with Gasteiger partial charge in [-0.2, -0.15) is 0 Å². The Morgan fingerprint density at radius 3 is 1.87 bits per heavy atom. The van der Waals surface area contributed by atoms with Crippen LogP contribution in [0.2, 0.25) is 0 Å². The molecule has 0 bridgehead atoms. The first-order valence-electron chi connectivity index (χ1n) is 13.3. The van der Waals surface area contributed by atoms with Crippen molar-refractivity contribution in [1.29, 1.82) is 0 Å². The Labute approximate surface area is 226 Å². The van der Waals surface area contributed by atoms with E-state index in [1.54, 1.807) is 6.07 Å². The predicted octanol–water partition coefficient (Wildman–Crippen LogP) is 4.76. The number of hydrogen-bond donors (Lipinski definition) is 1. The van der Waals surface area contributed by atoms with Crippen molar-refractivity contribution in [2.75, 3.05) is 13.7 Å². The van der Waals surface area contributed by atoms with Crippen LogP contribution >= 0.6 is 0 Å². The highest BCUT2D eigenvalue weighted by Gasteiger charge is 2.36. The molecule has 0 spiro atoms. The van der Waals surface area contributed by atoms with Gasteiger partial charge in [0, 0.05) is 32.1 Å². The lowest BCUT2D eigenvalue weighted by atomic mass is 9.88. The third kappa shape index (κ3) is 12.5. The molecule has 0 aromatic heterocycles. The molecule has 0 aliphatic carbocycles. The highest BCUT2D eigenvalue weighted by atomic mass is 16.6. The summed E-state index contributed by atoms with van der Waals surface area (Å²) >= 11 is 0. The second kappa shape index (κ2) is 16.1. The Bertz CT molecular complexity index is 941. The van der Waals surface area contributed by atoms with Crippen LogP contribution in [-0.4, -0.2) is 43.1 Å². The maximum atomic E-state index is 12.6. The molecule has 2 N–H and O–H groups in total. The second-order valence-corrected chi connectivity index (χ2v) is 11.0. The van der Waals surface area contributed by atoms with Gasteiger partial charge in [0.15, 0.2) is 11.5 Å². The number of methoxy groups -OCH3 is 1. The second-order valence-electron chi connectivity index (χ2n) is 11.0. The van der Waals surface area contributed by atoms with Crippen molar-refractivity contribution in [3.05, 3.63) is 23.8 Å². The molecular weight excluding hydrogens is 490 g/mol. The number of esters is 4. The van der Waals surface area contributed by atoms with Gasteiger partial charge in [-0.25, -0.2) is 0 Å². The number of carbonyl (C=O) groups is 4. The number of hydrogen-bond acceptors (Lipinski definition) is 9. The van der Waals surface area contributed by atoms with Gasteiger partial charge in [-0.05, 0) is 48.3 Å². The number of carbonyl (C=O) groups excluding carboxylic acids is 4. The number of benzene rings is 1. The summed E-state index contributed by atoms with van der Waals surface area (Å²) in [6, 6.07) is 4.70. The summed E-state index contributed by atoms with van der Waals surface area (Å²) in [6.07, 6.45) is 2.04. The standard InChI is InChI=1S/C29H45NO8/c1-19(2)8-12-25(31)37-23-11-10-22(17-24(23)38-26(32)13-9-20(3)4)18-29(30,28(34)35-7)14-15-36-27(33)16-21(5)6/h10-11,17,19-21H,8-9,12-16,18,30H2,1-7H3/t29-/m1/s1. The molecule has 0 fully saturated rings. The Morgan fingerprint density at radius 2 is 1.37 bits per heavy atom. The van der Waals surface area contributed by atoms with E-state index in [9.17, 15) is 19.2 Å². The largest absolute Gasteiger partial charge is 0.468 e. The third-order valence-electron chi connectivity index (χ3n) is 5.80. The summed E-state index contributed by atoms with van der Waals surface area (Å²) in [7, 11) is 1.23. The van der Waals surface area contributed by atoms with Crippen molar-refractivity contribution in [3.8, 4) is 11.5 Å². The highest BCUT2D eigenvalue weighted by Crippen LogP contribution is 2.31. The van der Waals surface area contributed by atoms with E-state index in [1.807, 2.05) is 41.5 Å². The first-order valence-corrected chi connectivity index (χ1v) is 13.3. The maximum Gasteiger partial charge on any atom is 0.326 e. The van der Waals surface area contributed by atoms with Gasteiger partial charge in [0.2, 0.25) is 0 Å². The summed E-state index contributed by atoms with van der Waals surface area (Å²) in [5.41, 5.74) is 5.49. The van der Waals surface area contributed by atoms with Gasteiger partial charge < -0.3 is 24.7 Å². The van der Waals surface area contributed by atoms with Crippen molar-refractivity contribution in [2.45, 2.75) is 92.0 Å². The van der Waals surface area contributed by atoms with Gasteiger partial charge in [-0.1, -0.05) is 47.6 Å². The van der Waals surface area contributed by atoms with Gasteiger partial charge in [-0.15, -0.1) is 0 Å². The molecule has 0 heterocycles. The normalized spacial score (nSPS) is 12.8. The van der Waals surface area contributed by atoms with E-state index in [0.717, 1.165) is 0 Å². The lowest BCUT2D eigenvalue weighted by molar-refractivity contribution is -0.151. The molecule has 0 aliphatic heterocycles. The Balaban J connectivity index is 3.14. The van der Waals surface area contributed by atoms with Crippen molar-refractivity contribution >= 4 is 23.9 Å². The van der Waals surface area contributed by atoms with Crippen LogP contribution < -0.4 is 15.2 Å². The van der Waals surface area contributed by atoms with E-state index >= 15 is 0 Å². The number of nitrogens with two attached hydrogens (primary N) is 1. The first kappa shape index (κ1) is 33.1. The van der Waals surface area contributed by atoms with Crippen LogP contribution in [0.15, 0.2) is 18.2 Å². The van der Waals surface area contributed by atoms with Crippen LogP contribution in [-0.2, 0) is 35.1 Å². The minimum Gasteiger partial charge on any atom is -0.468 e. The summed E-state index contributed by atoms with van der Waals surface area (Å²) in [5, 5.41) is 0. The van der Waals surface area contributed by atoms with Crippen LogP contribution in [0, 0.1) is 17.8 Å². The maximum absolute atomic E-state index is 12.6. The van der Waals surface area contributed by atoms with Crippen molar-refractivity contribution in [3.63, 3.8) is 0 Å². The molecule has 1 rings (SSSR count). The fraction of sp³-hybridized carbons (Fsp3) is 0.655. The molecule has 1 aromatic rings. The van der Waals surface area contributed by atoms with Gasteiger partial charge >= 0.3 is 23.9 Å². The van der Waals surface area contributed by atoms with E-state index in [-0.39, 0.29) is 62.1 Å². The monoisotopic (exact) mass is 535 g/mol. The topological polar surface area (TPSA) is 131 Å². The average Bonchev–Trinajstić information content (AvgIpc) is 2.82. The van der Waals surface area contributed by atoms with Crippen LogP contribution in [0.1, 0.15) is 85.6 Å². The van der Waals surface area contributed by atoms with Crippen LogP contribution in [0.4, 0.5) is 0 Å². The minimum absolute atomic E-state index is 0.0134. The van der Waals surface area contributed by atoms with Crippen LogP contribution in [0.5, 0.6) is 11.5 Å². The Kier molecular flexibility index (Phi) is 14.0. The molecule has 0 saturated carbocycles. The number of rotatable bonds is 16. The molecule has 0 aliphatic rings. The summed E-state index contributed by atoms with van der Waals surface area (Å²) in [6.45, 7) is 11.8. The SMILES string of the molecule is COC(=O)[C@@](N)(CCOC(=O)CC(C)C)Cc1ccc(OC(=O)CCC(C)C)c(OC(=O)CCC(C)C)c1. The van der Waals surface area contributed by atoms with Crippen molar-refractivity contribution in [1.82, 2.24) is 0 Å². The van der Waals surface area contributed by atoms with E-state index in [4.69, 9.17) is 24.7 Å². The smallest absolute Gasteiger partial charge is 0.326 e. The quantitative estimate of drug-likeness (QED) is 0.235. The molecule has 38 heavy (non-hydrogen) atoms. The van der Waals surface area contributed by atoms with E-state index in [0.29, 0.717) is 30.2 Å². The van der Waals surface area contributed by atoms with E-state index < -0.39 is 23.4 Å². The molecule has 0 amide bonds. The van der Waals surface area contributed by atoms with Crippen LogP contribution in [0.3, 0.4) is 0 Å². The summed E-state index contributed by atoms with van der Waals surface area (Å²) in [4.78, 5) is 49.4. The fourth-order valence-corrected chi connectivity index (χ4v) is 3.56. The van der Waals surface area contributed by atoms with Crippen molar-refractivity contribution in [2.24, 2.45) is 23.5 Å². The Morgan fingerprint density at radius 1 is 0.816 bits per heavy atom. The lowest BCUT2D eigenvalue weighted by Crippen LogP contribution is -2.51. The Hall–Kier alpha value is -2.94. The zero-order valence-corrected chi connectivity index (χ0v) is 24.0. The molecular formula is C29H45NO8. The zero-order chi connectivity index (χ0) is 28.9. The molecule has 9 heteroatoms. The van der Waals surface area contributed by atoms with Gasteiger partial charge in [-0.3, -0.25) is 19.2 Å². The minimum atomic E-state index is -1.50. The summed E-state index contributed by atoms with van der Waals surface area (Å²) in [5.74, 6) is -0.952. The molecule has 0 saturated heterocycles. The average molecular weight is 536 g/mol. The molecule has 9 nitrogen and oxygen atoms in total. The molecule has 1 aromatic carbocycles. The fourth-order valence-electron chi connectivity index (χ4n) is 3.56. The van der Waals surface area contributed by atoms with Crippen LogP contribution in [0.25, 0.3) is 0 Å². The molecule has 1 atom stereocenters. The lowest BCUT2D eigenvalue weighted by Gasteiger charge is -2.27. The van der Waals surface area contributed by atoms with E-state index in [1.165, 1.54) is 19.2 Å². The molecule has 214 valence electrons. The molecule has 0 radical (unpaired) electrons.